The van der Waals surface area contributed by atoms with Gasteiger partial charge in [-0.15, -0.1) is 11.8 Å². The standard InChI is InChI=1S/C16H19ClN2O2S/c17-12-6-5-11(16(21)19-7-1-2-8-19)10-13(12)18-15(20)14-4-3-9-22-14/h5-6,10,14H,1-4,7-9H2,(H,18,20)/t14-/m0/s1. The second-order valence-electron chi connectivity index (χ2n) is 5.68. The SMILES string of the molecule is O=C(Nc1cc(C(=O)N2CCCC2)ccc1Cl)[C@@H]1CCCS1. The highest BCUT2D eigenvalue weighted by molar-refractivity contribution is 8.00. The van der Waals surface area contributed by atoms with E-state index in [4.69, 9.17) is 11.6 Å². The molecule has 6 heteroatoms. The van der Waals surface area contributed by atoms with E-state index in [0.717, 1.165) is 44.5 Å². The van der Waals surface area contributed by atoms with Crippen molar-refractivity contribution in [3.8, 4) is 0 Å². The lowest BCUT2D eigenvalue weighted by molar-refractivity contribution is -0.115. The predicted octanol–water partition coefficient (Wildman–Crippen LogP) is 3.41. The first-order valence-corrected chi connectivity index (χ1v) is 9.09. The van der Waals surface area contributed by atoms with Crippen LogP contribution >= 0.6 is 23.4 Å². The third-order valence-corrected chi connectivity index (χ3v) is 5.79. The average Bonchev–Trinajstić information content (AvgIpc) is 3.22. The molecule has 0 spiro atoms. The highest BCUT2D eigenvalue weighted by atomic mass is 35.5. The van der Waals surface area contributed by atoms with Crippen molar-refractivity contribution >= 4 is 40.9 Å². The van der Waals surface area contributed by atoms with Crippen LogP contribution in [0.2, 0.25) is 5.02 Å². The number of amides is 2. The summed E-state index contributed by atoms with van der Waals surface area (Å²) < 4.78 is 0. The highest BCUT2D eigenvalue weighted by Gasteiger charge is 2.25. The number of benzene rings is 1. The largest absolute Gasteiger partial charge is 0.339 e. The molecule has 0 bridgehead atoms. The summed E-state index contributed by atoms with van der Waals surface area (Å²) in [5, 5.41) is 3.34. The maximum atomic E-state index is 12.4. The summed E-state index contributed by atoms with van der Waals surface area (Å²) in [4.78, 5) is 26.5. The molecule has 2 aliphatic rings. The minimum Gasteiger partial charge on any atom is -0.339 e. The van der Waals surface area contributed by atoms with Gasteiger partial charge in [-0.2, -0.15) is 0 Å². The van der Waals surface area contributed by atoms with Crippen LogP contribution in [0.1, 0.15) is 36.0 Å². The van der Waals surface area contributed by atoms with Gasteiger partial charge in [0, 0.05) is 18.7 Å². The van der Waals surface area contributed by atoms with Crippen molar-refractivity contribution in [1.82, 2.24) is 4.90 Å². The van der Waals surface area contributed by atoms with Gasteiger partial charge in [0.1, 0.15) is 0 Å². The van der Waals surface area contributed by atoms with Crippen molar-refractivity contribution in [2.75, 3.05) is 24.2 Å². The molecule has 0 aromatic heterocycles. The number of carbonyl (C=O) groups is 2. The molecule has 2 heterocycles. The van der Waals surface area contributed by atoms with Gasteiger partial charge in [0.15, 0.2) is 0 Å². The zero-order valence-electron chi connectivity index (χ0n) is 12.3. The Kier molecular flexibility index (Phi) is 4.93. The Hall–Kier alpha value is -1.20. The van der Waals surface area contributed by atoms with Crippen molar-refractivity contribution in [2.24, 2.45) is 0 Å². The van der Waals surface area contributed by atoms with Crippen LogP contribution in [0.15, 0.2) is 18.2 Å². The van der Waals surface area contributed by atoms with Gasteiger partial charge in [0.2, 0.25) is 5.91 Å². The number of carbonyl (C=O) groups excluding carboxylic acids is 2. The fraction of sp³-hybridized carbons (Fsp3) is 0.500. The summed E-state index contributed by atoms with van der Waals surface area (Å²) in [7, 11) is 0. The van der Waals surface area contributed by atoms with E-state index in [-0.39, 0.29) is 17.1 Å². The minimum absolute atomic E-state index is 0.00555. The van der Waals surface area contributed by atoms with Crippen LogP contribution in [0.4, 0.5) is 5.69 Å². The van der Waals surface area contributed by atoms with Crippen molar-refractivity contribution < 1.29 is 9.59 Å². The van der Waals surface area contributed by atoms with Crippen LogP contribution in [0.5, 0.6) is 0 Å². The maximum absolute atomic E-state index is 12.4. The molecular weight excluding hydrogens is 320 g/mol. The highest BCUT2D eigenvalue weighted by Crippen LogP contribution is 2.29. The molecule has 2 aliphatic heterocycles. The van der Waals surface area contributed by atoms with E-state index in [9.17, 15) is 9.59 Å². The van der Waals surface area contributed by atoms with E-state index in [1.165, 1.54) is 0 Å². The number of rotatable bonds is 3. The predicted molar refractivity (Wildman–Crippen MR) is 90.7 cm³/mol. The lowest BCUT2D eigenvalue weighted by Crippen LogP contribution is -2.28. The second kappa shape index (κ2) is 6.92. The molecule has 2 saturated heterocycles. The summed E-state index contributed by atoms with van der Waals surface area (Å²) in [6, 6.07) is 5.10. The molecule has 4 nitrogen and oxygen atoms in total. The van der Waals surface area contributed by atoms with E-state index >= 15 is 0 Å². The van der Waals surface area contributed by atoms with Gasteiger partial charge in [-0.25, -0.2) is 0 Å². The van der Waals surface area contributed by atoms with Crippen LogP contribution in [-0.4, -0.2) is 40.8 Å². The fourth-order valence-electron chi connectivity index (χ4n) is 2.85. The number of hydrogen-bond acceptors (Lipinski definition) is 3. The van der Waals surface area contributed by atoms with E-state index in [1.54, 1.807) is 30.0 Å². The summed E-state index contributed by atoms with van der Waals surface area (Å²) in [6.07, 6.45) is 4.09. The number of nitrogens with one attached hydrogen (secondary N) is 1. The monoisotopic (exact) mass is 338 g/mol. The molecule has 0 radical (unpaired) electrons. The fourth-order valence-corrected chi connectivity index (χ4v) is 4.18. The first-order chi connectivity index (χ1) is 10.6. The molecule has 1 aromatic carbocycles. The topological polar surface area (TPSA) is 49.4 Å². The summed E-state index contributed by atoms with van der Waals surface area (Å²) in [6.45, 7) is 1.61. The van der Waals surface area contributed by atoms with Crippen molar-refractivity contribution in [1.29, 1.82) is 0 Å². The second-order valence-corrected chi connectivity index (χ2v) is 7.40. The van der Waals surface area contributed by atoms with Crippen LogP contribution in [0.25, 0.3) is 0 Å². The quantitative estimate of drug-likeness (QED) is 0.918. The Balaban J connectivity index is 1.74. The van der Waals surface area contributed by atoms with E-state index in [0.29, 0.717) is 16.3 Å². The Bertz CT molecular complexity index is 582. The normalized spacial score (nSPS) is 21.1. The van der Waals surface area contributed by atoms with Gasteiger partial charge in [0.05, 0.1) is 16.0 Å². The average molecular weight is 339 g/mol. The van der Waals surface area contributed by atoms with Gasteiger partial charge in [-0.1, -0.05) is 11.6 Å². The number of hydrogen-bond donors (Lipinski definition) is 1. The molecule has 0 unspecified atom stereocenters. The molecular formula is C16H19ClN2O2S. The summed E-state index contributed by atoms with van der Waals surface area (Å²) in [5.41, 5.74) is 1.12. The molecule has 2 fully saturated rings. The van der Waals surface area contributed by atoms with Crippen molar-refractivity contribution in [2.45, 2.75) is 30.9 Å². The van der Waals surface area contributed by atoms with Gasteiger partial charge in [0.25, 0.3) is 5.91 Å². The number of thioether (sulfide) groups is 1. The minimum atomic E-state index is -0.0184. The molecule has 2 amide bonds. The van der Waals surface area contributed by atoms with Crippen LogP contribution in [0, 0.1) is 0 Å². The van der Waals surface area contributed by atoms with Crippen LogP contribution in [0.3, 0.4) is 0 Å². The molecule has 1 aromatic rings. The number of likely N-dealkylation sites (tertiary alicyclic amines) is 1. The zero-order chi connectivity index (χ0) is 15.5. The summed E-state index contributed by atoms with van der Waals surface area (Å²) >= 11 is 7.84. The molecule has 1 atom stereocenters. The van der Waals surface area contributed by atoms with Crippen LogP contribution in [-0.2, 0) is 4.79 Å². The van der Waals surface area contributed by atoms with Crippen molar-refractivity contribution in [3.05, 3.63) is 28.8 Å². The Morgan fingerprint density at radius 2 is 2.00 bits per heavy atom. The molecule has 1 N–H and O–H groups in total. The smallest absolute Gasteiger partial charge is 0.253 e. The van der Waals surface area contributed by atoms with Crippen molar-refractivity contribution in [3.63, 3.8) is 0 Å². The van der Waals surface area contributed by atoms with Gasteiger partial charge < -0.3 is 10.2 Å². The summed E-state index contributed by atoms with van der Waals surface area (Å²) in [5.74, 6) is 1.02. The van der Waals surface area contributed by atoms with E-state index in [2.05, 4.69) is 5.32 Å². The first kappa shape index (κ1) is 15.7. The van der Waals surface area contributed by atoms with E-state index in [1.807, 2.05) is 4.90 Å². The third-order valence-electron chi connectivity index (χ3n) is 4.09. The molecule has 0 saturated carbocycles. The number of halogens is 1. The third kappa shape index (κ3) is 3.41. The van der Waals surface area contributed by atoms with Crippen LogP contribution < -0.4 is 5.32 Å². The molecule has 118 valence electrons. The van der Waals surface area contributed by atoms with Gasteiger partial charge in [-0.05, 0) is 49.6 Å². The van der Waals surface area contributed by atoms with Gasteiger partial charge in [-0.3, -0.25) is 9.59 Å². The number of nitrogens with zero attached hydrogens (tertiary/aromatic N) is 1. The van der Waals surface area contributed by atoms with E-state index < -0.39 is 0 Å². The first-order valence-electron chi connectivity index (χ1n) is 7.66. The zero-order valence-corrected chi connectivity index (χ0v) is 13.9. The van der Waals surface area contributed by atoms with Gasteiger partial charge >= 0.3 is 0 Å². The molecule has 22 heavy (non-hydrogen) atoms. The Labute approximate surface area is 139 Å². The lowest BCUT2D eigenvalue weighted by atomic mass is 10.1. The molecule has 0 aliphatic carbocycles. The number of anilines is 1. The Morgan fingerprint density at radius 3 is 2.68 bits per heavy atom. The maximum Gasteiger partial charge on any atom is 0.253 e. The lowest BCUT2D eigenvalue weighted by Gasteiger charge is -2.17. The molecule has 3 rings (SSSR count). The Morgan fingerprint density at radius 1 is 1.23 bits per heavy atom.